The van der Waals surface area contributed by atoms with E-state index in [1.807, 2.05) is 62.6 Å². The van der Waals surface area contributed by atoms with Gasteiger partial charge in [0, 0.05) is 68.0 Å². The minimum absolute atomic E-state index is 0.0609. The number of aromatic amines is 1. The van der Waals surface area contributed by atoms with Crippen molar-refractivity contribution in [2.45, 2.75) is 13.0 Å². The fourth-order valence-corrected chi connectivity index (χ4v) is 5.19. The molecule has 1 aromatic carbocycles. The van der Waals surface area contributed by atoms with Crippen LogP contribution in [0.2, 0.25) is 0 Å². The molecule has 1 aliphatic heterocycles. The van der Waals surface area contributed by atoms with E-state index in [-0.39, 0.29) is 17.5 Å². The number of aromatic nitrogens is 4. The molecule has 6 rings (SSSR count). The number of likely N-dealkylation sites (N-methyl/N-ethyl adjacent to an activating group) is 1. The summed E-state index contributed by atoms with van der Waals surface area (Å²) in [4.78, 5) is 41.1. The van der Waals surface area contributed by atoms with Crippen LogP contribution >= 0.6 is 0 Å². The first-order valence-corrected chi connectivity index (χ1v) is 13.1. The molecule has 39 heavy (non-hydrogen) atoms. The third-order valence-corrected chi connectivity index (χ3v) is 7.54. The summed E-state index contributed by atoms with van der Waals surface area (Å²) in [5, 5.41) is 1.86. The van der Waals surface area contributed by atoms with Gasteiger partial charge in [0.25, 0.3) is 5.56 Å². The molecule has 1 aliphatic rings. The third kappa shape index (κ3) is 4.66. The fraction of sp³-hybridized carbons (Fsp3) is 0.267. The van der Waals surface area contributed by atoms with Crippen molar-refractivity contribution >= 4 is 27.7 Å². The first-order chi connectivity index (χ1) is 18.9. The summed E-state index contributed by atoms with van der Waals surface area (Å²) in [5.74, 6) is 0.853. The molecule has 1 atom stereocenters. The standard InChI is InChI=1S/C30H30N6O3/c1-19-29(37)34(2)12-13-36(19)14-15-39-22-6-9-25(32-17-22)20-4-7-26-21(16-20)5-8-27(33-26)24-18-35(3)30(38)28-23(24)10-11-31-28/h4-11,16-19,31H,12-15H2,1-3H3. The monoisotopic (exact) mass is 522 g/mol. The zero-order valence-electron chi connectivity index (χ0n) is 22.2. The number of H-pyrrole nitrogens is 1. The predicted molar refractivity (Wildman–Crippen MR) is 152 cm³/mol. The summed E-state index contributed by atoms with van der Waals surface area (Å²) in [6.45, 7) is 4.73. The average Bonchev–Trinajstić information content (AvgIpc) is 3.45. The van der Waals surface area contributed by atoms with E-state index in [0.29, 0.717) is 24.4 Å². The summed E-state index contributed by atoms with van der Waals surface area (Å²) in [5.41, 5.74) is 4.94. The lowest BCUT2D eigenvalue weighted by atomic mass is 10.0. The largest absolute Gasteiger partial charge is 0.491 e. The Bertz CT molecular complexity index is 1740. The Kier molecular flexibility index (Phi) is 6.36. The quantitative estimate of drug-likeness (QED) is 0.366. The lowest BCUT2D eigenvalue weighted by Gasteiger charge is -2.37. The number of pyridine rings is 3. The summed E-state index contributed by atoms with van der Waals surface area (Å²) in [6.07, 6.45) is 5.35. The number of rotatable bonds is 6. The Morgan fingerprint density at radius 2 is 1.87 bits per heavy atom. The second-order valence-electron chi connectivity index (χ2n) is 10.0. The van der Waals surface area contributed by atoms with Crippen molar-refractivity contribution in [1.29, 1.82) is 0 Å². The molecule has 9 nitrogen and oxygen atoms in total. The molecular weight excluding hydrogens is 492 g/mol. The van der Waals surface area contributed by atoms with Crippen LogP contribution in [0.5, 0.6) is 5.75 Å². The van der Waals surface area contributed by atoms with Gasteiger partial charge in [-0.2, -0.15) is 0 Å². The van der Waals surface area contributed by atoms with Gasteiger partial charge in [-0.3, -0.25) is 19.5 Å². The minimum atomic E-state index is -0.123. The molecule has 0 aliphatic carbocycles. The SMILES string of the molecule is CC1C(=O)N(C)CCN1CCOc1ccc(-c2ccc3nc(-c4cn(C)c(=O)c5[nH]ccc45)ccc3c2)nc1. The van der Waals surface area contributed by atoms with Gasteiger partial charge in [0.2, 0.25) is 5.91 Å². The van der Waals surface area contributed by atoms with E-state index in [1.54, 1.807) is 28.9 Å². The number of hydrogen-bond acceptors (Lipinski definition) is 6. The molecule has 1 N–H and O–H groups in total. The zero-order valence-corrected chi connectivity index (χ0v) is 22.2. The number of ether oxygens (including phenoxy) is 1. The van der Waals surface area contributed by atoms with E-state index in [2.05, 4.69) is 20.9 Å². The second kappa shape index (κ2) is 9.99. The van der Waals surface area contributed by atoms with E-state index in [4.69, 9.17) is 9.72 Å². The summed E-state index contributed by atoms with van der Waals surface area (Å²) < 4.78 is 7.49. The van der Waals surface area contributed by atoms with Gasteiger partial charge in [-0.25, -0.2) is 4.98 Å². The molecule has 0 bridgehead atoms. The Morgan fingerprint density at radius 1 is 1.03 bits per heavy atom. The molecule has 198 valence electrons. The van der Waals surface area contributed by atoms with Crippen molar-refractivity contribution in [2.75, 3.05) is 33.3 Å². The van der Waals surface area contributed by atoms with Gasteiger partial charge in [0.1, 0.15) is 17.9 Å². The molecular formula is C30H30N6O3. The van der Waals surface area contributed by atoms with E-state index >= 15 is 0 Å². The molecule has 5 aromatic rings. The second-order valence-corrected chi connectivity index (χ2v) is 10.0. The van der Waals surface area contributed by atoms with Gasteiger partial charge in [-0.1, -0.05) is 12.1 Å². The number of nitrogens with zero attached hydrogens (tertiary/aromatic N) is 5. The highest BCUT2D eigenvalue weighted by Gasteiger charge is 2.28. The summed E-state index contributed by atoms with van der Waals surface area (Å²) >= 11 is 0. The highest BCUT2D eigenvalue weighted by Crippen LogP contribution is 2.29. The van der Waals surface area contributed by atoms with Gasteiger partial charge < -0.3 is 19.2 Å². The van der Waals surface area contributed by atoms with Crippen molar-refractivity contribution in [3.05, 3.63) is 77.5 Å². The van der Waals surface area contributed by atoms with Crippen LogP contribution in [0.1, 0.15) is 6.92 Å². The number of benzene rings is 1. The van der Waals surface area contributed by atoms with Crippen LogP contribution in [0, 0.1) is 0 Å². The third-order valence-electron chi connectivity index (χ3n) is 7.54. The summed E-state index contributed by atoms with van der Waals surface area (Å²) in [6, 6.07) is 15.8. The first-order valence-electron chi connectivity index (χ1n) is 13.1. The van der Waals surface area contributed by atoms with Gasteiger partial charge in [-0.15, -0.1) is 0 Å². The molecule has 1 unspecified atom stereocenters. The maximum Gasteiger partial charge on any atom is 0.274 e. The van der Waals surface area contributed by atoms with Gasteiger partial charge in [0.05, 0.1) is 29.1 Å². The normalized spacial score (nSPS) is 16.3. The van der Waals surface area contributed by atoms with Crippen molar-refractivity contribution in [3.8, 4) is 28.3 Å². The van der Waals surface area contributed by atoms with Crippen LogP contribution in [0.25, 0.3) is 44.3 Å². The Balaban J connectivity index is 1.16. The fourth-order valence-electron chi connectivity index (χ4n) is 5.19. The van der Waals surface area contributed by atoms with Crippen LogP contribution in [-0.2, 0) is 11.8 Å². The lowest BCUT2D eigenvalue weighted by molar-refractivity contribution is -0.139. The number of carbonyl (C=O) groups is 1. The Labute approximate surface area is 225 Å². The van der Waals surface area contributed by atoms with Crippen molar-refractivity contribution < 1.29 is 9.53 Å². The molecule has 4 aromatic heterocycles. The smallest absolute Gasteiger partial charge is 0.274 e. The molecule has 0 saturated carbocycles. The van der Waals surface area contributed by atoms with Crippen molar-refractivity contribution in [1.82, 2.24) is 29.3 Å². The van der Waals surface area contributed by atoms with Crippen molar-refractivity contribution in [2.24, 2.45) is 7.05 Å². The molecule has 1 fully saturated rings. The molecule has 0 spiro atoms. The lowest BCUT2D eigenvalue weighted by Crippen LogP contribution is -2.55. The van der Waals surface area contributed by atoms with Gasteiger partial charge in [0.15, 0.2) is 0 Å². The van der Waals surface area contributed by atoms with Gasteiger partial charge >= 0.3 is 0 Å². The van der Waals surface area contributed by atoms with Crippen molar-refractivity contribution in [3.63, 3.8) is 0 Å². The number of piperazine rings is 1. The van der Waals surface area contributed by atoms with Crippen LogP contribution in [0.4, 0.5) is 0 Å². The number of hydrogen-bond donors (Lipinski definition) is 1. The number of fused-ring (bicyclic) bond motifs is 2. The topological polar surface area (TPSA) is 96.4 Å². The molecule has 1 saturated heterocycles. The van der Waals surface area contributed by atoms with Gasteiger partial charge in [-0.05, 0) is 43.3 Å². The van der Waals surface area contributed by atoms with E-state index in [9.17, 15) is 9.59 Å². The highest BCUT2D eigenvalue weighted by molar-refractivity contribution is 5.95. The predicted octanol–water partition coefficient (Wildman–Crippen LogP) is 3.69. The first kappa shape index (κ1) is 24.8. The number of aryl methyl sites for hydroxylation is 1. The number of carbonyl (C=O) groups excluding carboxylic acids is 1. The van der Waals surface area contributed by atoms with E-state index in [0.717, 1.165) is 51.9 Å². The Hall–Kier alpha value is -4.50. The number of nitrogens with one attached hydrogen (secondary N) is 1. The maximum atomic E-state index is 12.4. The van der Waals surface area contributed by atoms with Crippen LogP contribution in [0.15, 0.2) is 71.9 Å². The minimum Gasteiger partial charge on any atom is -0.491 e. The summed E-state index contributed by atoms with van der Waals surface area (Å²) in [7, 11) is 3.60. The number of amides is 1. The molecule has 5 heterocycles. The van der Waals surface area contributed by atoms with E-state index in [1.165, 1.54) is 0 Å². The molecule has 9 heteroatoms. The average molecular weight is 523 g/mol. The highest BCUT2D eigenvalue weighted by atomic mass is 16.5. The van der Waals surface area contributed by atoms with Crippen LogP contribution < -0.4 is 10.3 Å². The molecule has 1 amide bonds. The zero-order chi connectivity index (χ0) is 27.1. The van der Waals surface area contributed by atoms with E-state index < -0.39 is 0 Å². The van der Waals surface area contributed by atoms with Crippen LogP contribution in [0.3, 0.4) is 0 Å². The van der Waals surface area contributed by atoms with Crippen LogP contribution in [-0.4, -0.2) is 74.6 Å². The molecule has 0 radical (unpaired) electrons. The Morgan fingerprint density at radius 3 is 2.69 bits per heavy atom. The maximum absolute atomic E-state index is 12.4.